The molecule has 1 rings (SSSR count). The van der Waals surface area contributed by atoms with Crippen molar-refractivity contribution in [2.45, 2.75) is 39.8 Å². The number of carbonyl (C=O) groups excluding carboxylic acids is 3. The number of hydrogen-bond acceptors (Lipinski definition) is 4. The Morgan fingerprint density at radius 1 is 1.29 bits per heavy atom. The zero-order valence-corrected chi connectivity index (χ0v) is 16.7. The van der Waals surface area contributed by atoms with Gasteiger partial charge in [0.2, 0.25) is 12.3 Å². The summed E-state index contributed by atoms with van der Waals surface area (Å²) in [6.45, 7) is 6.56. The Balaban J connectivity index is -0.000000550. The van der Waals surface area contributed by atoms with Crippen molar-refractivity contribution in [3.63, 3.8) is 0 Å². The molecule has 0 aliphatic heterocycles. The summed E-state index contributed by atoms with van der Waals surface area (Å²) in [5.41, 5.74) is 11.7. The minimum Gasteiger partial charge on any atom is -0.522 e. The van der Waals surface area contributed by atoms with Crippen molar-refractivity contribution in [1.29, 1.82) is 0 Å². The Labute approximate surface area is 137 Å². The molecule has 1 aromatic rings. The minimum absolute atomic E-state index is 0. The average molecular weight is 580 g/mol. The SMILES string of the molecule is CC(NC(=O)CN[C-]=O)c1ccc(CN)cc1.CCC.NC=O.[Fm]. The molecule has 0 spiro atoms. The quantitative estimate of drug-likeness (QED) is 0.222. The first-order valence-corrected chi connectivity index (χ1v) is 7.34. The fourth-order valence-corrected chi connectivity index (χ4v) is 1.43. The van der Waals surface area contributed by atoms with Gasteiger partial charge in [-0.25, -0.2) is 0 Å². The van der Waals surface area contributed by atoms with E-state index >= 15 is 0 Å². The molecule has 6 N–H and O–H groups in total. The molecule has 0 saturated carbocycles. The van der Waals surface area contributed by atoms with Crippen molar-refractivity contribution in [3.05, 3.63) is 35.4 Å². The van der Waals surface area contributed by atoms with Crippen molar-refractivity contribution in [2.75, 3.05) is 6.54 Å². The van der Waals surface area contributed by atoms with Crippen LogP contribution in [0.5, 0.6) is 0 Å². The molecule has 1 atom stereocenters. The van der Waals surface area contributed by atoms with Gasteiger partial charge in [-0.1, -0.05) is 44.5 Å². The smallest absolute Gasteiger partial charge is 0.237 e. The molecule has 3 amide bonds. The Hall–Kier alpha value is -3.41. The van der Waals surface area contributed by atoms with Gasteiger partial charge in [0.1, 0.15) is 0 Å². The molecule has 142 valence electrons. The number of benzene rings is 1. The zero-order valence-electron chi connectivity index (χ0n) is 14.3. The van der Waals surface area contributed by atoms with Gasteiger partial charge in [0.25, 0.3) is 0 Å². The average Bonchev–Trinajstić information content (AvgIpc) is 2.54. The van der Waals surface area contributed by atoms with E-state index in [-0.39, 0.29) is 24.9 Å². The van der Waals surface area contributed by atoms with E-state index in [1.54, 1.807) is 0 Å². The van der Waals surface area contributed by atoms with E-state index in [0.29, 0.717) is 6.54 Å². The van der Waals surface area contributed by atoms with Crippen LogP contribution in [-0.4, -0.2) is 25.3 Å². The number of rotatable bonds is 6. The molecular formula is C16H27FmN4O3-. The topological polar surface area (TPSA) is 127 Å². The second-order valence-electron chi connectivity index (χ2n) is 4.53. The van der Waals surface area contributed by atoms with Gasteiger partial charge in [-0.05, 0) is 18.1 Å². The van der Waals surface area contributed by atoms with Gasteiger partial charge in [0.15, 0.2) is 0 Å². The van der Waals surface area contributed by atoms with E-state index < -0.39 is 0 Å². The fraction of sp³-hybridized carbons (Fsp3) is 0.438. The van der Waals surface area contributed by atoms with E-state index in [1.165, 1.54) is 12.8 Å². The molecule has 0 heterocycles. The summed E-state index contributed by atoms with van der Waals surface area (Å²) in [6.07, 6.45) is 2.95. The molecule has 0 saturated heterocycles. The van der Waals surface area contributed by atoms with Gasteiger partial charge < -0.3 is 26.9 Å². The summed E-state index contributed by atoms with van der Waals surface area (Å²) >= 11 is 0. The van der Waals surface area contributed by atoms with Gasteiger partial charge in [0.05, 0.1) is 12.6 Å². The van der Waals surface area contributed by atoms with Gasteiger partial charge in [-0.15, -0.1) is 0 Å². The third-order valence-corrected chi connectivity index (χ3v) is 2.41. The van der Waals surface area contributed by atoms with Crippen LogP contribution in [-0.2, 0) is 20.9 Å². The number of hydrogen-bond donors (Lipinski definition) is 4. The Morgan fingerprint density at radius 3 is 2.12 bits per heavy atom. The van der Waals surface area contributed by atoms with Crippen LogP contribution in [0.1, 0.15) is 44.4 Å². The molecule has 0 radical (unpaired) electrons. The Morgan fingerprint density at radius 2 is 1.75 bits per heavy atom. The summed E-state index contributed by atoms with van der Waals surface area (Å²) in [6, 6.07) is 7.59. The molecule has 7 nitrogen and oxygen atoms in total. The largest absolute Gasteiger partial charge is 0.522 e. The summed E-state index contributed by atoms with van der Waals surface area (Å²) < 4.78 is 0. The molecule has 1 aromatic carbocycles. The van der Waals surface area contributed by atoms with Gasteiger partial charge in [-0.2, -0.15) is 6.41 Å². The molecule has 1 unspecified atom stereocenters. The van der Waals surface area contributed by atoms with Crippen LogP contribution in [0.4, 0.5) is 0 Å². The summed E-state index contributed by atoms with van der Waals surface area (Å²) in [7, 11) is 0. The van der Waals surface area contributed by atoms with Crippen LogP contribution in [0.25, 0.3) is 0 Å². The molecule has 24 heavy (non-hydrogen) atoms. The van der Waals surface area contributed by atoms with Crippen LogP contribution >= 0.6 is 0 Å². The second kappa shape index (κ2) is 17.6. The maximum Gasteiger partial charge on any atom is 0.237 e. The normalized spacial score (nSPS) is 9.50. The molecule has 8 heteroatoms. The molecular weight excluding hydrogens is 553 g/mol. The van der Waals surface area contributed by atoms with E-state index in [9.17, 15) is 9.59 Å². The summed E-state index contributed by atoms with van der Waals surface area (Å²) in [5.74, 6) is -0.247. The molecule has 0 bridgehead atoms. The van der Waals surface area contributed by atoms with Crippen LogP contribution in [0.2, 0.25) is 0 Å². The summed E-state index contributed by atoms with van der Waals surface area (Å²) in [5, 5.41) is 4.95. The molecule has 0 aliphatic rings. The minimum atomic E-state index is -0.247. The van der Waals surface area contributed by atoms with Crippen molar-refractivity contribution in [2.24, 2.45) is 11.5 Å². The second-order valence-corrected chi connectivity index (χ2v) is 4.53. The first-order valence-electron chi connectivity index (χ1n) is 7.34. The predicted molar refractivity (Wildman–Crippen MR) is 90.8 cm³/mol. The van der Waals surface area contributed by atoms with E-state index in [4.69, 9.17) is 10.5 Å². The van der Waals surface area contributed by atoms with Crippen LogP contribution in [0.15, 0.2) is 24.3 Å². The van der Waals surface area contributed by atoms with Gasteiger partial charge in [0, 0.05) is 6.54 Å². The maximum absolute atomic E-state index is 11.3. The third-order valence-electron chi connectivity index (χ3n) is 2.41. The maximum atomic E-state index is 11.3. The number of amides is 3. The van der Waals surface area contributed by atoms with E-state index in [1.807, 2.05) is 31.2 Å². The molecule has 0 fully saturated rings. The van der Waals surface area contributed by atoms with E-state index in [2.05, 4.69) is 30.2 Å². The van der Waals surface area contributed by atoms with Crippen LogP contribution < -0.4 is 22.1 Å². The van der Waals surface area contributed by atoms with Crippen molar-refractivity contribution < 1.29 is 14.4 Å². The first kappa shape index (κ1) is 25.5. The molecule has 0 aliphatic carbocycles. The summed E-state index contributed by atoms with van der Waals surface area (Å²) in [4.78, 5) is 29.8. The third kappa shape index (κ3) is 13.6. The number of nitrogens with two attached hydrogens (primary N) is 2. The standard InChI is InChI=1S/C12H16N3O2.C3H8.CH3NO.Fm/c1-9(15-12(17)7-14-8-16)11-4-2-10(6-13)3-5-11;1-3-2;2-1-3;/h2-5,9H,6-7,13H2,1H3,(H,14,16)(H,15,17);3H2,1-2H3;1H,(H2,2,3);/q-1;;;. The fourth-order valence-electron chi connectivity index (χ4n) is 1.43. The van der Waals surface area contributed by atoms with Crippen LogP contribution in [0.3, 0.4) is 0 Å². The number of nitrogens with one attached hydrogen (secondary N) is 2. The van der Waals surface area contributed by atoms with Gasteiger partial charge >= 0.3 is 0 Å². The number of primary amides is 1. The zero-order chi connectivity index (χ0) is 18.1. The van der Waals surface area contributed by atoms with E-state index in [0.717, 1.165) is 11.1 Å². The monoisotopic (exact) mass is 580 g/mol. The first-order chi connectivity index (χ1) is 11.0. The number of carbonyl (C=O) groups is 2. The van der Waals surface area contributed by atoms with Crippen molar-refractivity contribution in [1.82, 2.24) is 10.6 Å². The Bertz CT molecular complexity index is 441. The predicted octanol–water partition coefficient (Wildman–Crippen LogP) is 0.497. The van der Waals surface area contributed by atoms with Crippen molar-refractivity contribution >= 4 is 18.7 Å². The van der Waals surface area contributed by atoms with Gasteiger partial charge in [-0.3, -0.25) is 9.59 Å². The Kier molecular flexibility index (Phi) is 18.8. The molecule has 0 aromatic heterocycles. The van der Waals surface area contributed by atoms with Crippen molar-refractivity contribution in [3.8, 4) is 0 Å². The van der Waals surface area contributed by atoms with Crippen LogP contribution in [0, 0.1) is 0 Å².